The predicted octanol–water partition coefficient (Wildman–Crippen LogP) is 1.07. The molecule has 12 heavy (non-hydrogen) atoms. The van der Waals surface area contributed by atoms with Crippen LogP contribution in [0.2, 0.25) is 0 Å². The summed E-state index contributed by atoms with van der Waals surface area (Å²) in [7, 11) is 0. The fraction of sp³-hybridized carbons (Fsp3) is 1.00. The summed E-state index contributed by atoms with van der Waals surface area (Å²) in [5.74, 6) is 3.16. The monoisotopic (exact) mass is 188 g/mol. The fourth-order valence-electron chi connectivity index (χ4n) is 1.38. The first-order valence-electron chi connectivity index (χ1n) is 4.84. The summed E-state index contributed by atoms with van der Waals surface area (Å²) in [5, 5.41) is 3.50. The molecule has 1 heterocycles. The zero-order chi connectivity index (χ0) is 8.81. The Balaban J connectivity index is 1.94. The van der Waals surface area contributed by atoms with E-state index in [2.05, 4.69) is 12.2 Å². The van der Waals surface area contributed by atoms with Crippen molar-refractivity contribution in [3.05, 3.63) is 0 Å². The van der Waals surface area contributed by atoms with Gasteiger partial charge in [-0.3, -0.25) is 0 Å². The minimum atomic E-state index is 0.677. The van der Waals surface area contributed by atoms with Crippen molar-refractivity contribution in [3.8, 4) is 0 Å². The average Bonchev–Trinajstić information content (AvgIpc) is 2.57. The van der Waals surface area contributed by atoms with Gasteiger partial charge in [-0.05, 0) is 37.6 Å². The van der Waals surface area contributed by atoms with Crippen LogP contribution in [0.5, 0.6) is 0 Å². The number of nitrogens with two attached hydrogens (primary N) is 1. The van der Waals surface area contributed by atoms with Crippen LogP contribution in [0.3, 0.4) is 0 Å². The van der Waals surface area contributed by atoms with E-state index in [0.717, 1.165) is 12.6 Å². The lowest BCUT2D eigenvalue weighted by Crippen LogP contribution is -2.24. The molecular formula is C9H20N2S. The van der Waals surface area contributed by atoms with Crippen LogP contribution in [0.15, 0.2) is 0 Å². The van der Waals surface area contributed by atoms with Gasteiger partial charge >= 0.3 is 0 Å². The third kappa shape index (κ3) is 3.78. The second kappa shape index (κ2) is 5.84. The van der Waals surface area contributed by atoms with Crippen molar-refractivity contribution in [2.24, 2.45) is 11.7 Å². The lowest BCUT2D eigenvalue weighted by molar-refractivity contribution is 0.660. The summed E-state index contributed by atoms with van der Waals surface area (Å²) >= 11 is 2.04. The Bertz CT molecular complexity index is 113. The van der Waals surface area contributed by atoms with Crippen molar-refractivity contribution in [3.63, 3.8) is 0 Å². The third-order valence-electron chi connectivity index (χ3n) is 2.29. The van der Waals surface area contributed by atoms with Gasteiger partial charge in [0.25, 0.3) is 0 Å². The highest BCUT2D eigenvalue weighted by Gasteiger charge is 2.13. The van der Waals surface area contributed by atoms with Crippen LogP contribution in [-0.4, -0.2) is 30.6 Å². The fourth-order valence-corrected chi connectivity index (χ4v) is 2.62. The number of nitrogens with one attached hydrogen (secondary N) is 1. The summed E-state index contributed by atoms with van der Waals surface area (Å²) in [6.07, 6.45) is 2.72. The maximum absolute atomic E-state index is 5.54. The Kier molecular flexibility index (Phi) is 5.04. The molecule has 2 nitrogen and oxygen atoms in total. The summed E-state index contributed by atoms with van der Waals surface area (Å²) in [6.45, 7) is 4.26. The van der Waals surface area contributed by atoms with Crippen molar-refractivity contribution in [1.82, 2.24) is 5.32 Å². The lowest BCUT2D eigenvalue weighted by atomic mass is 10.2. The van der Waals surface area contributed by atoms with Gasteiger partial charge in [0.05, 0.1) is 0 Å². The predicted molar refractivity (Wildman–Crippen MR) is 56.6 cm³/mol. The molecular weight excluding hydrogens is 168 g/mol. The van der Waals surface area contributed by atoms with Gasteiger partial charge in [0.1, 0.15) is 0 Å². The largest absolute Gasteiger partial charge is 0.330 e. The summed E-state index contributed by atoms with van der Waals surface area (Å²) in [5.41, 5.74) is 5.54. The molecule has 1 unspecified atom stereocenters. The van der Waals surface area contributed by atoms with E-state index in [-0.39, 0.29) is 0 Å². The minimum absolute atomic E-state index is 0.677. The van der Waals surface area contributed by atoms with Crippen molar-refractivity contribution in [1.29, 1.82) is 0 Å². The highest BCUT2D eigenvalue weighted by atomic mass is 32.2. The molecule has 2 atom stereocenters. The second-order valence-corrected chi connectivity index (χ2v) is 4.75. The highest BCUT2D eigenvalue weighted by molar-refractivity contribution is 7.99. The topological polar surface area (TPSA) is 38.0 Å². The van der Waals surface area contributed by atoms with E-state index in [4.69, 9.17) is 5.73 Å². The van der Waals surface area contributed by atoms with E-state index in [9.17, 15) is 0 Å². The van der Waals surface area contributed by atoms with Gasteiger partial charge in [0.15, 0.2) is 0 Å². The molecule has 0 aliphatic carbocycles. The van der Waals surface area contributed by atoms with Gasteiger partial charge in [-0.1, -0.05) is 6.92 Å². The van der Waals surface area contributed by atoms with Gasteiger partial charge in [0.2, 0.25) is 0 Å². The van der Waals surface area contributed by atoms with Gasteiger partial charge in [-0.25, -0.2) is 0 Å². The smallest absolute Gasteiger partial charge is 0.0158 e. The van der Waals surface area contributed by atoms with E-state index >= 15 is 0 Å². The van der Waals surface area contributed by atoms with Crippen molar-refractivity contribution in [2.45, 2.75) is 25.8 Å². The first kappa shape index (κ1) is 10.4. The molecule has 3 heteroatoms. The van der Waals surface area contributed by atoms with Crippen LogP contribution in [-0.2, 0) is 0 Å². The number of thioether (sulfide) groups is 1. The van der Waals surface area contributed by atoms with Crippen LogP contribution in [0, 0.1) is 5.92 Å². The Morgan fingerprint density at radius 2 is 2.50 bits per heavy atom. The standard InChI is InChI=1S/C9H20N2S/c1-8(5-10)6-12-7-9-3-2-4-11-9/h8-9,11H,2-7,10H2,1H3/t8?,9-/m1/s1. The Morgan fingerprint density at radius 1 is 1.67 bits per heavy atom. The molecule has 1 aliphatic rings. The van der Waals surface area contributed by atoms with Crippen molar-refractivity contribution < 1.29 is 0 Å². The maximum atomic E-state index is 5.54. The minimum Gasteiger partial charge on any atom is -0.330 e. The summed E-state index contributed by atoms with van der Waals surface area (Å²) in [4.78, 5) is 0. The number of rotatable bonds is 5. The molecule has 1 rings (SSSR count). The van der Waals surface area contributed by atoms with Gasteiger partial charge < -0.3 is 11.1 Å². The average molecular weight is 188 g/mol. The molecule has 1 saturated heterocycles. The Morgan fingerprint density at radius 3 is 3.08 bits per heavy atom. The van der Waals surface area contributed by atoms with Gasteiger partial charge in [0, 0.05) is 11.8 Å². The van der Waals surface area contributed by atoms with Crippen LogP contribution >= 0.6 is 11.8 Å². The van der Waals surface area contributed by atoms with E-state index in [1.54, 1.807) is 0 Å². The number of hydrogen-bond donors (Lipinski definition) is 2. The van der Waals surface area contributed by atoms with Crippen LogP contribution in [0.1, 0.15) is 19.8 Å². The highest BCUT2D eigenvalue weighted by Crippen LogP contribution is 2.14. The van der Waals surface area contributed by atoms with Gasteiger partial charge in [-0.2, -0.15) is 11.8 Å². The molecule has 1 fully saturated rings. The molecule has 3 N–H and O–H groups in total. The first-order valence-corrected chi connectivity index (χ1v) is 5.99. The molecule has 0 aromatic heterocycles. The molecule has 1 aliphatic heterocycles. The normalized spacial score (nSPS) is 26.0. The van der Waals surface area contributed by atoms with Crippen LogP contribution in [0.25, 0.3) is 0 Å². The zero-order valence-electron chi connectivity index (χ0n) is 7.88. The van der Waals surface area contributed by atoms with Crippen LogP contribution < -0.4 is 11.1 Å². The zero-order valence-corrected chi connectivity index (χ0v) is 8.70. The Labute approximate surface area is 79.7 Å². The molecule has 0 radical (unpaired) electrons. The van der Waals surface area contributed by atoms with E-state index in [0.29, 0.717) is 5.92 Å². The lowest BCUT2D eigenvalue weighted by Gasteiger charge is -2.11. The van der Waals surface area contributed by atoms with E-state index < -0.39 is 0 Å². The molecule has 0 saturated carbocycles. The van der Waals surface area contributed by atoms with Crippen molar-refractivity contribution in [2.75, 3.05) is 24.6 Å². The molecule has 0 amide bonds. The quantitative estimate of drug-likeness (QED) is 0.678. The Hall–Kier alpha value is 0.270. The summed E-state index contributed by atoms with van der Waals surface area (Å²) in [6, 6.07) is 0.778. The number of hydrogen-bond acceptors (Lipinski definition) is 3. The van der Waals surface area contributed by atoms with Crippen LogP contribution in [0.4, 0.5) is 0 Å². The van der Waals surface area contributed by atoms with E-state index in [1.165, 1.54) is 30.9 Å². The SMILES string of the molecule is CC(CN)CSC[C@H]1CCCN1. The third-order valence-corrected chi connectivity index (χ3v) is 3.73. The first-order chi connectivity index (χ1) is 5.83. The molecule has 0 bridgehead atoms. The molecule has 72 valence electrons. The summed E-state index contributed by atoms with van der Waals surface area (Å²) < 4.78 is 0. The second-order valence-electron chi connectivity index (χ2n) is 3.67. The van der Waals surface area contributed by atoms with Gasteiger partial charge in [-0.15, -0.1) is 0 Å². The molecule has 0 spiro atoms. The molecule has 0 aromatic rings. The van der Waals surface area contributed by atoms with Crippen molar-refractivity contribution >= 4 is 11.8 Å². The maximum Gasteiger partial charge on any atom is 0.0158 e. The van der Waals surface area contributed by atoms with E-state index in [1.807, 2.05) is 11.8 Å². The molecule has 0 aromatic carbocycles.